The van der Waals surface area contributed by atoms with Crippen molar-refractivity contribution in [1.82, 2.24) is 14.8 Å². The van der Waals surface area contributed by atoms with Crippen LogP contribution in [0.1, 0.15) is 29.2 Å². The van der Waals surface area contributed by atoms with Crippen molar-refractivity contribution in [3.05, 3.63) is 58.4 Å². The molecule has 122 valence electrons. The molecule has 1 aliphatic heterocycles. The van der Waals surface area contributed by atoms with Gasteiger partial charge in [-0.05, 0) is 38.1 Å². The molecule has 0 aromatic carbocycles. The molecule has 23 heavy (non-hydrogen) atoms. The Hall–Kier alpha value is -2.34. The van der Waals surface area contributed by atoms with Crippen LogP contribution in [0.5, 0.6) is 0 Å². The van der Waals surface area contributed by atoms with Gasteiger partial charge in [0, 0.05) is 31.4 Å². The minimum atomic E-state index is -0.0929. The SMILES string of the molecule is CN[C@H]1CCCN(C(=O)c2ccc(Cn3ccccc3=O)o2)C1. The summed E-state index contributed by atoms with van der Waals surface area (Å²) in [5.41, 5.74) is -0.0929. The van der Waals surface area contributed by atoms with Crippen molar-refractivity contribution in [2.45, 2.75) is 25.4 Å². The molecule has 0 saturated carbocycles. The van der Waals surface area contributed by atoms with Crippen LogP contribution in [0.2, 0.25) is 0 Å². The fourth-order valence-corrected chi connectivity index (χ4v) is 2.89. The van der Waals surface area contributed by atoms with E-state index in [1.807, 2.05) is 11.9 Å². The summed E-state index contributed by atoms with van der Waals surface area (Å²) in [6.07, 6.45) is 3.78. The Bertz CT molecular complexity index is 734. The Kier molecular flexibility index (Phi) is 4.62. The Morgan fingerprint density at radius 2 is 2.22 bits per heavy atom. The number of aromatic nitrogens is 1. The lowest BCUT2D eigenvalue weighted by Crippen LogP contribution is -2.46. The van der Waals surface area contributed by atoms with Gasteiger partial charge < -0.3 is 19.2 Å². The Morgan fingerprint density at radius 1 is 1.35 bits per heavy atom. The van der Waals surface area contributed by atoms with Gasteiger partial charge in [-0.15, -0.1) is 0 Å². The molecule has 0 unspecified atom stereocenters. The van der Waals surface area contributed by atoms with Crippen molar-refractivity contribution >= 4 is 5.91 Å². The highest BCUT2D eigenvalue weighted by molar-refractivity contribution is 5.91. The quantitative estimate of drug-likeness (QED) is 0.924. The zero-order valence-corrected chi connectivity index (χ0v) is 13.2. The van der Waals surface area contributed by atoms with Crippen molar-refractivity contribution in [3.63, 3.8) is 0 Å². The molecule has 1 N–H and O–H groups in total. The molecule has 0 radical (unpaired) electrons. The average Bonchev–Trinajstić information content (AvgIpc) is 3.05. The monoisotopic (exact) mass is 315 g/mol. The van der Waals surface area contributed by atoms with Gasteiger partial charge in [-0.2, -0.15) is 0 Å². The van der Waals surface area contributed by atoms with Gasteiger partial charge in [-0.1, -0.05) is 6.07 Å². The molecule has 1 atom stereocenters. The Morgan fingerprint density at radius 3 is 3.00 bits per heavy atom. The first-order valence-electron chi connectivity index (χ1n) is 7.88. The minimum Gasteiger partial charge on any atom is -0.454 e. The van der Waals surface area contributed by atoms with Crippen molar-refractivity contribution in [1.29, 1.82) is 0 Å². The first-order chi connectivity index (χ1) is 11.2. The third kappa shape index (κ3) is 3.53. The summed E-state index contributed by atoms with van der Waals surface area (Å²) in [5, 5.41) is 3.22. The molecule has 0 spiro atoms. The number of nitrogens with one attached hydrogen (secondary N) is 1. The standard InChI is InChI=1S/C17H21N3O3/c1-18-13-5-4-10-20(11-13)17(22)15-8-7-14(23-15)12-19-9-3-2-6-16(19)21/h2-3,6-9,13,18H,4-5,10-12H2,1H3/t13-/m0/s1. The van der Waals surface area contributed by atoms with Crippen LogP contribution in [0.15, 0.2) is 45.7 Å². The van der Waals surface area contributed by atoms with Crippen LogP contribution >= 0.6 is 0 Å². The van der Waals surface area contributed by atoms with E-state index in [2.05, 4.69) is 5.32 Å². The zero-order valence-electron chi connectivity index (χ0n) is 13.2. The first kappa shape index (κ1) is 15.6. The maximum absolute atomic E-state index is 12.5. The molecule has 2 aromatic rings. The third-order valence-electron chi connectivity index (χ3n) is 4.21. The van der Waals surface area contributed by atoms with Gasteiger partial charge in [0.05, 0.1) is 6.54 Å². The second-order valence-corrected chi connectivity index (χ2v) is 5.81. The van der Waals surface area contributed by atoms with Crippen LogP contribution in [-0.2, 0) is 6.54 Å². The molecule has 1 saturated heterocycles. The van der Waals surface area contributed by atoms with E-state index in [0.29, 0.717) is 30.7 Å². The highest BCUT2D eigenvalue weighted by Gasteiger charge is 2.25. The van der Waals surface area contributed by atoms with Crippen LogP contribution in [-0.4, -0.2) is 41.6 Å². The molecule has 2 aromatic heterocycles. The molecule has 1 amide bonds. The highest BCUT2D eigenvalue weighted by atomic mass is 16.4. The number of likely N-dealkylation sites (tertiary alicyclic amines) is 1. The smallest absolute Gasteiger partial charge is 0.289 e. The van der Waals surface area contributed by atoms with E-state index in [9.17, 15) is 9.59 Å². The summed E-state index contributed by atoms with van der Waals surface area (Å²) in [4.78, 5) is 26.1. The van der Waals surface area contributed by atoms with Crippen LogP contribution in [0.25, 0.3) is 0 Å². The molecule has 3 rings (SSSR count). The number of amides is 1. The maximum Gasteiger partial charge on any atom is 0.289 e. The fraction of sp³-hybridized carbons (Fsp3) is 0.412. The number of furan rings is 1. The van der Waals surface area contributed by atoms with E-state index in [0.717, 1.165) is 19.4 Å². The first-order valence-corrected chi connectivity index (χ1v) is 7.88. The number of rotatable bonds is 4. The summed E-state index contributed by atoms with van der Waals surface area (Å²) < 4.78 is 7.20. The van der Waals surface area contributed by atoms with E-state index in [4.69, 9.17) is 4.42 Å². The molecule has 6 heteroatoms. The van der Waals surface area contributed by atoms with Gasteiger partial charge in [-0.3, -0.25) is 9.59 Å². The van der Waals surface area contributed by atoms with Crippen LogP contribution in [0, 0.1) is 0 Å². The minimum absolute atomic E-state index is 0.0865. The maximum atomic E-state index is 12.5. The van der Waals surface area contributed by atoms with Crippen LogP contribution in [0.3, 0.4) is 0 Å². The molecule has 1 fully saturated rings. The highest BCUT2D eigenvalue weighted by Crippen LogP contribution is 2.16. The molecule has 0 aliphatic carbocycles. The fourth-order valence-electron chi connectivity index (χ4n) is 2.89. The number of hydrogen-bond donors (Lipinski definition) is 1. The van der Waals surface area contributed by atoms with E-state index < -0.39 is 0 Å². The van der Waals surface area contributed by atoms with Gasteiger partial charge in [0.15, 0.2) is 5.76 Å². The molecule has 1 aliphatic rings. The summed E-state index contributed by atoms with van der Waals surface area (Å²) in [6, 6.07) is 8.78. The van der Waals surface area contributed by atoms with Crippen molar-refractivity contribution in [2.24, 2.45) is 0 Å². The number of piperidine rings is 1. The lowest BCUT2D eigenvalue weighted by Gasteiger charge is -2.31. The van der Waals surface area contributed by atoms with Gasteiger partial charge in [0.1, 0.15) is 5.76 Å². The molecule has 3 heterocycles. The van der Waals surface area contributed by atoms with Gasteiger partial charge in [-0.25, -0.2) is 0 Å². The lowest BCUT2D eigenvalue weighted by molar-refractivity contribution is 0.0664. The predicted molar refractivity (Wildman–Crippen MR) is 86.5 cm³/mol. The van der Waals surface area contributed by atoms with Gasteiger partial charge in [0.2, 0.25) is 0 Å². The van der Waals surface area contributed by atoms with Crippen molar-refractivity contribution in [3.8, 4) is 0 Å². The largest absolute Gasteiger partial charge is 0.454 e. The predicted octanol–water partition coefficient (Wildman–Crippen LogP) is 1.31. The molecule has 6 nitrogen and oxygen atoms in total. The van der Waals surface area contributed by atoms with Crippen LogP contribution < -0.4 is 10.9 Å². The Labute approximate surface area is 134 Å². The molecule has 0 bridgehead atoms. The topological polar surface area (TPSA) is 67.5 Å². The summed E-state index contributed by atoms with van der Waals surface area (Å²) in [6.45, 7) is 1.78. The average molecular weight is 315 g/mol. The number of carbonyl (C=O) groups is 1. The van der Waals surface area contributed by atoms with Crippen LogP contribution in [0.4, 0.5) is 0 Å². The number of hydrogen-bond acceptors (Lipinski definition) is 4. The molecular formula is C17H21N3O3. The zero-order chi connectivity index (χ0) is 16.2. The van der Waals surface area contributed by atoms with Crippen molar-refractivity contribution in [2.75, 3.05) is 20.1 Å². The third-order valence-corrected chi connectivity index (χ3v) is 4.21. The number of pyridine rings is 1. The number of likely N-dealkylation sites (N-methyl/N-ethyl adjacent to an activating group) is 1. The summed E-state index contributed by atoms with van der Waals surface area (Å²) in [5.74, 6) is 0.848. The van der Waals surface area contributed by atoms with Gasteiger partial charge >= 0.3 is 0 Å². The summed E-state index contributed by atoms with van der Waals surface area (Å²) >= 11 is 0. The van der Waals surface area contributed by atoms with Gasteiger partial charge in [0.25, 0.3) is 11.5 Å². The lowest BCUT2D eigenvalue weighted by atomic mass is 10.1. The number of nitrogens with zero attached hydrogens (tertiary/aromatic N) is 2. The second kappa shape index (κ2) is 6.83. The second-order valence-electron chi connectivity index (χ2n) is 5.81. The van der Waals surface area contributed by atoms with E-state index >= 15 is 0 Å². The normalized spacial score (nSPS) is 18.1. The Balaban J connectivity index is 1.70. The van der Waals surface area contributed by atoms with E-state index in [1.165, 1.54) is 6.07 Å². The van der Waals surface area contributed by atoms with E-state index in [-0.39, 0.29) is 11.5 Å². The van der Waals surface area contributed by atoms with Crippen molar-refractivity contribution < 1.29 is 9.21 Å². The van der Waals surface area contributed by atoms with E-state index in [1.54, 1.807) is 35.0 Å². The molecular weight excluding hydrogens is 294 g/mol. The summed E-state index contributed by atoms with van der Waals surface area (Å²) in [7, 11) is 1.92. The number of carbonyl (C=O) groups excluding carboxylic acids is 1.